The lowest BCUT2D eigenvalue weighted by molar-refractivity contribution is -0.149. The van der Waals surface area contributed by atoms with Gasteiger partial charge in [0.1, 0.15) is 6.04 Å². The van der Waals surface area contributed by atoms with Crippen molar-refractivity contribution < 1.29 is 13.2 Å². The zero-order valence-electron chi connectivity index (χ0n) is 7.40. The maximum Gasteiger partial charge on any atom is 0.407 e. The van der Waals surface area contributed by atoms with E-state index in [2.05, 4.69) is 15.9 Å². The van der Waals surface area contributed by atoms with Gasteiger partial charge in [0.05, 0.1) is 0 Å². The van der Waals surface area contributed by atoms with Crippen LogP contribution < -0.4 is 5.73 Å². The van der Waals surface area contributed by atoms with Gasteiger partial charge in [-0.05, 0) is 30.2 Å². The second kappa shape index (κ2) is 3.90. The van der Waals surface area contributed by atoms with Gasteiger partial charge in [-0.15, -0.1) is 0 Å². The highest BCUT2D eigenvalue weighted by Crippen LogP contribution is 2.32. The summed E-state index contributed by atoms with van der Waals surface area (Å²) in [6, 6.07) is 2.64. The molecule has 1 atom stereocenters. The SMILES string of the molecule is Cc1cc(Br)ccc1C(N)C(F)(F)F. The van der Waals surface area contributed by atoms with Crippen LogP contribution in [0.3, 0.4) is 0 Å². The lowest BCUT2D eigenvalue weighted by Gasteiger charge is -2.17. The third-order valence-electron chi connectivity index (χ3n) is 1.92. The van der Waals surface area contributed by atoms with Gasteiger partial charge in [-0.2, -0.15) is 13.2 Å². The summed E-state index contributed by atoms with van der Waals surface area (Å²) in [7, 11) is 0. The van der Waals surface area contributed by atoms with Crippen LogP contribution in [0, 0.1) is 6.92 Å². The molecular formula is C9H9BrF3N. The van der Waals surface area contributed by atoms with Gasteiger partial charge in [-0.25, -0.2) is 0 Å². The smallest absolute Gasteiger partial charge is 0.316 e. The molecule has 0 spiro atoms. The first-order valence-corrected chi connectivity index (χ1v) is 4.70. The molecule has 0 radical (unpaired) electrons. The molecule has 0 fully saturated rings. The Labute approximate surface area is 88.2 Å². The summed E-state index contributed by atoms with van der Waals surface area (Å²) in [6.07, 6.45) is -4.39. The molecule has 0 aliphatic rings. The highest BCUT2D eigenvalue weighted by Gasteiger charge is 2.38. The van der Waals surface area contributed by atoms with Crippen molar-refractivity contribution in [3.63, 3.8) is 0 Å². The Morgan fingerprint density at radius 1 is 1.36 bits per heavy atom. The molecule has 1 unspecified atom stereocenters. The third-order valence-corrected chi connectivity index (χ3v) is 2.41. The Kier molecular flexibility index (Phi) is 3.21. The van der Waals surface area contributed by atoms with E-state index >= 15 is 0 Å². The van der Waals surface area contributed by atoms with E-state index in [0.29, 0.717) is 5.56 Å². The Hall–Kier alpha value is -0.550. The van der Waals surface area contributed by atoms with Gasteiger partial charge in [0.2, 0.25) is 0 Å². The second-order valence-corrected chi connectivity index (χ2v) is 3.94. The van der Waals surface area contributed by atoms with E-state index in [-0.39, 0.29) is 5.56 Å². The Balaban J connectivity index is 3.08. The van der Waals surface area contributed by atoms with E-state index in [9.17, 15) is 13.2 Å². The zero-order valence-corrected chi connectivity index (χ0v) is 8.98. The Morgan fingerprint density at radius 3 is 2.36 bits per heavy atom. The van der Waals surface area contributed by atoms with E-state index < -0.39 is 12.2 Å². The molecule has 14 heavy (non-hydrogen) atoms. The molecule has 0 heterocycles. The fourth-order valence-corrected chi connectivity index (χ4v) is 1.64. The summed E-state index contributed by atoms with van der Waals surface area (Å²) in [5, 5.41) is 0. The van der Waals surface area contributed by atoms with Crippen LogP contribution in [0.2, 0.25) is 0 Å². The number of alkyl halides is 3. The molecule has 1 nitrogen and oxygen atoms in total. The first kappa shape index (κ1) is 11.5. The minimum Gasteiger partial charge on any atom is -0.316 e. The molecule has 1 aromatic carbocycles. The van der Waals surface area contributed by atoms with Gasteiger partial charge in [-0.3, -0.25) is 0 Å². The average molecular weight is 268 g/mol. The second-order valence-electron chi connectivity index (χ2n) is 3.02. The van der Waals surface area contributed by atoms with E-state index in [1.807, 2.05) is 0 Å². The van der Waals surface area contributed by atoms with Gasteiger partial charge < -0.3 is 5.73 Å². The van der Waals surface area contributed by atoms with Crippen molar-refractivity contribution in [1.29, 1.82) is 0 Å². The molecule has 1 rings (SSSR count). The van der Waals surface area contributed by atoms with Crippen molar-refractivity contribution in [3.05, 3.63) is 33.8 Å². The summed E-state index contributed by atoms with van der Waals surface area (Å²) in [5.41, 5.74) is 5.73. The van der Waals surface area contributed by atoms with Crippen LogP contribution >= 0.6 is 15.9 Å². The lowest BCUT2D eigenvalue weighted by atomic mass is 10.0. The summed E-state index contributed by atoms with van der Waals surface area (Å²) < 4.78 is 37.6. The normalized spacial score (nSPS) is 14.1. The van der Waals surface area contributed by atoms with Crippen LogP contribution in [0.5, 0.6) is 0 Å². The number of benzene rings is 1. The molecule has 5 heteroatoms. The standard InChI is InChI=1S/C9H9BrF3N/c1-5-4-6(10)2-3-7(5)8(14)9(11,12)13/h2-4,8H,14H2,1H3. The highest BCUT2D eigenvalue weighted by atomic mass is 79.9. The van der Waals surface area contributed by atoms with E-state index in [1.54, 1.807) is 19.1 Å². The van der Waals surface area contributed by atoms with Crippen molar-refractivity contribution in [1.82, 2.24) is 0 Å². The fourth-order valence-electron chi connectivity index (χ4n) is 1.16. The van der Waals surface area contributed by atoms with Crippen LogP contribution in [0.4, 0.5) is 13.2 Å². The summed E-state index contributed by atoms with van der Waals surface area (Å²) in [4.78, 5) is 0. The largest absolute Gasteiger partial charge is 0.407 e. The highest BCUT2D eigenvalue weighted by molar-refractivity contribution is 9.10. The quantitative estimate of drug-likeness (QED) is 0.830. The molecule has 0 aliphatic carbocycles. The molecule has 0 aromatic heterocycles. The van der Waals surface area contributed by atoms with E-state index in [4.69, 9.17) is 5.73 Å². The molecule has 0 saturated heterocycles. The molecular weight excluding hydrogens is 259 g/mol. The number of hydrogen-bond acceptors (Lipinski definition) is 1. The fraction of sp³-hybridized carbons (Fsp3) is 0.333. The molecule has 0 bridgehead atoms. The average Bonchev–Trinajstić information content (AvgIpc) is 2.01. The monoisotopic (exact) mass is 267 g/mol. The minimum absolute atomic E-state index is 0.112. The number of aryl methyl sites for hydroxylation is 1. The molecule has 2 N–H and O–H groups in total. The topological polar surface area (TPSA) is 26.0 Å². The lowest BCUT2D eigenvalue weighted by Crippen LogP contribution is -2.29. The van der Waals surface area contributed by atoms with Crippen molar-refractivity contribution in [2.45, 2.75) is 19.1 Å². The van der Waals surface area contributed by atoms with E-state index in [1.165, 1.54) is 6.07 Å². The summed E-state index contributed by atoms with van der Waals surface area (Å²) >= 11 is 3.17. The van der Waals surface area contributed by atoms with Crippen LogP contribution in [0.1, 0.15) is 17.2 Å². The Bertz CT molecular complexity index is 335. The summed E-state index contributed by atoms with van der Waals surface area (Å²) in [6.45, 7) is 1.60. The first-order valence-electron chi connectivity index (χ1n) is 3.90. The Morgan fingerprint density at radius 2 is 1.93 bits per heavy atom. The van der Waals surface area contributed by atoms with Gasteiger partial charge in [0.15, 0.2) is 0 Å². The third kappa shape index (κ3) is 2.48. The van der Waals surface area contributed by atoms with Gasteiger partial charge in [0, 0.05) is 4.47 Å². The van der Waals surface area contributed by atoms with Gasteiger partial charge in [0.25, 0.3) is 0 Å². The molecule has 0 saturated carbocycles. The minimum atomic E-state index is -4.39. The van der Waals surface area contributed by atoms with Crippen LogP contribution in [-0.2, 0) is 0 Å². The van der Waals surface area contributed by atoms with Gasteiger partial charge >= 0.3 is 6.18 Å². The van der Waals surface area contributed by atoms with Crippen molar-refractivity contribution in [2.24, 2.45) is 5.73 Å². The summed E-state index contributed by atoms with van der Waals surface area (Å²) in [5.74, 6) is 0. The van der Waals surface area contributed by atoms with Crippen molar-refractivity contribution in [3.8, 4) is 0 Å². The number of nitrogens with two attached hydrogens (primary N) is 1. The molecule has 78 valence electrons. The van der Waals surface area contributed by atoms with Crippen LogP contribution in [0.25, 0.3) is 0 Å². The molecule has 1 aromatic rings. The number of halogens is 4. The zero-order chi connectivity index (χ0) is 10.9. The number of rotatable bonds is 1. The maximum atomic E-state index is 12.3. The van der Waals surface area contributed by atoms with Crippen molar-refractivity contribution >= 4 is 15.9 Å². The van der Waals surface area contributed by atoms with Gasteiger partial charge in [-0.1, -0.05) is 22.0 Å². The maximum absolute atomic E-state index is 12.3. The van der Waals surface area contributed by atoms with E-state index in [0.717, 1.165) is 4.47 Å². The predicted molar refractivity (Wildman–Crippen MR) is 51.9 cm³/mol. The van der Waals surface area contributed by atoms with Crippen LogP contribution in [-0.4, -0.2) is 6.18 Å². The van der Waals surface area contributed by atoms with Crippen molar-refractivity contribution in [2.75, 3.05) is 0 Å². The predicted octanol–water partition coefficient (Wildman–Crippen LogP) is 3.32. The number of hydrogen-bond donors (Lipinski definition) is 1. The first-order chi connectivity index (χ1) is 6.32. The van der Waals surface area contributed by atoms with Crippen LogP contribution in [0.15, 0.2) is 22.7 Å². The molecule has 0 amide bonds. The molecule has 0 aliphatic heterocycles.